The second-order valence-electron chi connectivity index (χ2n) is 6.40. The Morgan fingerprint density at radius 2 is 1.86 bits per heavy atom. The standard InChI is InChI=1S/C17H19Cl2N3O4S2/c1-12-11-27-17(24)22(12)5-4-16(23)20-6-8-21(9-7-20)28(25,26)15-10-13(18)2-3-14(15)19/h2-3,10-11H,4-9H2,1H3. The monoisotopic (exact) mass is 463 g/mol. The van der Waals surface area contributed by atoms with E-state index in [1.54, 1.807) is 14.8 Å². The molecule has 152 valence electrons. The minimum absolute atomic E-state index is 0.0336. The van der Waals surface area contributed by atoms with Gasteiger partial charge in [0.2, 0.25) is 15.9 Å². The van der Waals surface area contributed by atoms with E-state index in [9.17, 15) is 18.0 Å². The molecule has 1 aliphatic rings. The van der Waals surface area contributed by atoms with Gasteiger partial charge < -0.3 is 9.47 Å². The molecule has 1 amide bonds. The summed E-state index contributed by atoms with van der Waals surface area (Å²) in [6.45, 7) is 3.07. The van der Waals surface area contributed by atoms with E-state index >= 15 is 0 Å². The Labute approximate surface area is 177 Å². The Kier molecular flexibility index (Phi) is 6.51. The van der Waals surface area contributed by atoms with Crippen LogP contribution in [0, 0.1) is 6.92 Å². The summed E-state index contributed by atoms with van der Waals surface area (Å²) < 4.78 is 28.6. The summed E-state index contributed by atoms with van der Waals surface area (Å²) in [6, 6.07) is 4.31. The fourth-order valence-electron chi connectivity index (χ4n) is 3.03. The first kappa shape index (κ1) is 21.3. The summed E-state index contributed by atoms with van der Waals surface area (Å²) >= 11 is 13.1. The molecular formula is C17H19Cl2N3O4S2. The number of hydrogen-bond acceptors (Lipinski definition) is 5. The van der Waals surface area contributed by atoms with Gasteiger partial charge in [-0.05, 0) is 25.1 Å². The molecule has 2 heterocycles. The van der Waals surface area contributed by atoms with Gasteiger partial charge in [-0.2, -0.15) is 4.31 Å². The summed E-state index contributed by atoms with van der Waals surface area (Å²) in [5, 5.41) is 2.16. The number of halogens is 2. The van der Waals surface area contributed by atoms with E-state index < -0.39 is 10.0 Å². The smallest absolute Gasteiger partial charge is 0.307 e. The molecular weight excluding hydrogens is 445 g/mol. The molecule has 0 saturated carbocycles. The molecule has 0 N–H and O–H groups in total. The summed E-state index contributed by atoms with van der Waals surface area (Å²) in [4.78, 5) is 25.7. The normalized spacial score (nSPS) is 15.8. The molecule has 1 aliphatic heterocycles. The number of carbonyl (C=O) groups excluding carboxylic acids is 1. The van der Waals surface area contributed by atoms with Crippen LogP contribution >= 0.6 is 34.5 Å². The lowest BCUT2D eigenvalue weighted by Gasteiger charge is -2.34. The Bertz CT molecular complexity index is 1040. The number of hydrogen-bond donors (Lipinski definition) is 0. The number of rotatable bonds is 5. The van der Waals surface area contributed by atoms with Crippen molar-refractivity contribution in [2.24, 2.45) is 0 Å². The van der Waals surface area contributed by atoms with Crippen LogP contribution in [0.4, 0.5) is 0 Å². The molecule has 0 bridgehead atoms. The van der Waals surface area contributed by atoms with E-state index in [0.717, 1.165) is 17.0 Å². The highest BCUT2D eigenvalue weighted by Gasteiger charge is 2.31. The van der Waals surface area contributed by atoms with Crippen LogP contribution in [0.2, 0.25) is 10.0 Å². The summed E-state index contributed by atoms with van der Waals surface area (Å²) in [5.74, 6) is -0.102. The highest BCUT2D eigenvalue weighted by molar-refractivity contribution is 7.89. The predicted octanol–water partition coefficient (Wildman–Crippen LogP) is 2.45. The van der Waals surface area contributed by atoms with E-state index in [2.05, 4.69) is 0 Å². The number of sulfonamides is 1. The number of aromatic nitrogens is 1. The van der Waals surface area contributed by atoms with Crippen LogP contribution in [0.25, 0.3) is 0 Å². The first-order valence-electron chi connectivity index (χ1n) is 8.58. The van der Waals surface area contributed by atoms with Crippen molar-refractivity contribution >= 4 is 50.5 Å². The zero-order valence-corrected chi connectivity index (χ0v) is 18.2. The molecule has 1 aromatic carbocycles. The Balaban J connectivity index is 1.61. The molecule has 28 heavy (non-hydrogen) atoms. The molecule has 0 aliphatic carbocycles. The van der Waals surface area contributed by atoms with E-state index in [4.69, 9.17) is 23.2 Å². The Morgan fingerprint density at radius 1 is 1.18 bits per heavy atom. The molecule has 0 spiro atoms. The summed E-state index contributed by atoms with van der Waals surface area (Å²) in [7, 11) is -3.79. The van der Waals surface area contributed by atoms with E-state index in [1.165, 1.54) is 22.5 Å². The average molecular weight is 464 g/mol. The minimum atomic E-state index is -3.79. The minimum Gasteiger partial charge on any atom is -0.340 e. The van der Waals surface area contributed by atoms with E-state index in [-0.39, 0.29) is 58.3 Å². The SMILES string of the molecule is Cc1csc(=O)n1CCC(=O)N1CCN(S(=O)(=O)c2cc(Cl)ccc2Cl)CC1. The lowest BCUT2D eigenvalue weighted by atomic mass is 10.3. The van der Waals surface area contributed by atoms with Crippen LogP contribution in [-0.2, 0) is 21.4 Å². The highest BCUT2D eigenvalue weighted by atomic mass is 35.5. The van der Waals surface area contributed by atoms with Crippen molar-refractivity contribution in [2.45, 2.75) is 24.8 Å². The van der Waals surface area contributed by atoms with Crippen molar-refractivity contribution in [1.29, 1.82) is 0 Å². The van der Waals surface area contributed by atoms with Gasteiger partial charge in [0, 0.05) is 55.2 Å². The second kappa shape index (κ2) is 8.54. The van der Waals surface area contributed by atoms with Crippen molar-refractivity contribution in [3.63, 3.8) is 0 Å². The van der Waals surface area contributed by atoms with Crippen LogP contribution in [0.1, 0.15) is 12.1 Å². The van der Waals surface area contributed by atoms with E-state index in [1.807, 2.05) is 6.92 Å². The fraction of sp³-hybridized carbons (Fsp3) is 0.412. The van der Waals surface area contributed by atoms with Gasteiger partial charge in [-0.1, -0.05) is 34.5 Å². The molecule has 7 nitrogen and oxygen atoms in total. The van der Waals surface area contributed by atoms with Gasteiger partial charge in [-0.25, -0.2) is 8.42 Å². The largest absolute Gasteiger partial charge is 0.340 e. The molecule has 3 rings (SSSR count). The number of amides is 1. The van der Waals surface area contributed by atoms with Gasteiger partial charge in [0.1, 0.15) is 4.90 Å². The van der Waals surface area contributed by atoms with Gasteiger partial charge in [-0.3, -0.25) is 9.59 Å². The van der Waals surface area contributed by atoms with E-state index in [0.29, 0.717) is 6.54 Å². The van der Waals surface area contributed by atoms with Crippen molar-refractivity contribution in [3.05, 3.63) is 49.0 Å². The van der Waals surface area contributed by atoms with Crippen molar-refractivity contribution in [1.82, 2.24) is 13.8 Å². The molecule has 0 radical (unpaired) electrons. The zero-order chi connectivity index (χ0) is 20.5. The lowest BCUT2D eigenvalue weighted by molar-refractivity contribution is -0.132. The topological polar surface area (TPSA) is 79.7 Å². The maximum atomic E-state index is 12.8. The molecule has 2 aromatic rings. The number of piperazine rings is 1. The van der Waals surface area contributed by atoms with Crippen molar-refractivity contribution < 1.29 is 13.2 Å². The van der Waals surface area contributed by atoms with Crippen molar-refractivity contribution in [3.8, 4) is 0 Å². The second-order valence-corrected chi connectivity index (χ2v) is 9.97. The highest BCUT2D eigenvalue weighted by Crippen LogP contribution is 2.28. The number of carbonyl (C=O) groups is 1. The summed E-state index contributed by atoms with van der Waals surface area (Å²) in [5.41, 5.74) is 0.831. The molecule has 1 fully saturated rings. The first-order valence-corrected chi connectivity index (χ1v) is 11.7. The van der Waals surface area contributed by atoms with Gasteiger partial charge in [0.15, 0.2) is 0 Å². The maximum absolute atomic E-state index is 12.8. The molecule has 11 heteroatoms. The average Bonchev–Trinajstić information content (AvgIpc) is 2.99. The van der Waals surface area contributed by atoms with Crippen molar-refractivity contribution in [2.75, 3.05) is 26.2 Å². The molecule has 1 saturated heterocycles. The van der Waals surface area contributed by atoms with Crippen LogP contribution < -0.4 is 4.87 Å². The summed E-state index contributed by atoms with van der Waals surface area (Å²) in [6.07, 6.45) is 0.199. The third-order valence-corrected chi connectivity index (χ3v) is 8.12. The van der Waals surface area contributed by atoms with Gasteiger partial charge in [-0.15, -0.1) is 0 Å². The molecule has 0 atom stereocenters. The molecule has 0 unspecified atom stereocenters. The maximum Gasteiger partial charge on any atom is 0.307 e. The first-order chi connectivity index (χ1) is 13.2. The van der Waals surface area contributed by atoms with Gasteiger partial charge >= 0.3 is 4.87 Å². The van der Waals surface area contributed by atoms with Crippen LogP contribution in [-0.4, -0.2) is 54.3 Å². The number of thiazole rings is 1. The number of aryl methyl sites for hydroxylation is 1. The third-order valence-electron chi connectivity index (χ3n) is 4.63. The van der Waals surface area contributed by atoms with Crippen LogP contribution in [0.3, 0.4) is 0 Å². The van der Waals surface area contributed by atoms with Crippen LogP contribution in [0.5, 0.6) is 0 Å². The fourth-order valence-corrected chi connectivity index (χ4v) is 5.95. The van der Waals surface area contributed by atoms with Gasteiger partial charge in [0.25, 0.3) is 0 Å². The lowest BCUT2D eigenvalue weighted by Crippen LogP contribution is -2.50. The Hall–Kier alpha value is -1.39. The predicted molar refractivity (Wildman–Crippen MR) is 110 cm³/mol. The van der Waals surface area contributed by atoms with Gasteiger partial charge in [0.05, 0.1) is 5.02 Å². The third kappa shape index (κ3) is 4.44. The Morgan fingerprint density at radius 3 is 2.46 bits per heavy atom. The number of benzene rings is 1. The number of nitrogens with zero attached hydrogens (tertiary/aromatic N) is 3. The molecule has 1 aromatic heterocycles. The zero-order valence-electron chi connectivity index (χ0n) is 15.1. The quantitative estimate of drug-likeness (QED) is 0.681. The van der Waals surface area contributed by atoms with Crippen LogP contribution in [0.15, 0.2) is 33.3 Å².